The zero-order valence-electron chi connectivity index (χ0n) is 17.6. The molecule has 1 fully saturated rings. The van der Waals surface area contributed by atoms with Crippen LogP contribution < -0.4 is 10.6 Å². The lowest BCUT2D eigenvalue weighted by atomic mass is 10.0. The number of guanidine groups is 1. The molecule has 0 saturated carbocycles. The van der Waals surface area contributed by atoms with Crippen molar-refractivity contribution in [3.8, 4) is 0 Å². The minimum Gasteiger partial charge on any atom is -0.356 e. The molecule has 4 nitrogen and oxygen atoms in total. The first kappa shape index (κ1) is 24.5. The Morgan fingerprint density at radius 3 is 2.50 bits per heavy atom. The van der Waals surface area contributed by atoms with E-state index in [4.69, 9.17) is 0 Å². The molecule has 0 amide bonds. The second-order valence-electron chi connectivity index (χ2n) is 7.61. The molecule has 2 N–H and O–H groups in total. The zero-order chi connectivity index (χ0) is 20.6. The molecule has 7 heteroatoms. The molecule has 1 heterocycles. The first-order valence-corrected chi connectivity index (χ1v) is 10.2. The summed E-state index contributed by atoms with van der Waals surface area (Å²) in [5, 5.41) is 6.70. The van der Waals surface area contributed by atoms with Crippen molar-refractivity contribution in [3.05, 3.63) is 70.8 Å². The Kier molecular flexibility index (Phi) is 9.97. The molecular weight excluding hydrogens is 497 g/mol. The second-order valence-corrected chi connectivity index (χ2v) is 7.61. The molecule has 1 aliphatic rings. The van der Waals surface area contributed by atoms with Crippen LogP contribution in [0.25, 0.3) is 0 Å². The van der Waals surface area contributed by atoms with Crippen LogP contribution in [0.4, 0.5) is 8.78 Å². The van der Waals surface area contributed by atoms with Gasteiger partial charge in [0.05, 0.1) is 0 Å². The van der Waals surface area contributed by atoms with Gasteiger partial charge in [0.2, 0.25) is 0 Å². The van der Waals surface area contributed by atoms with Gasteiger partial charge < -0.3 is 10.6 Å². The average molecular weight is 528 g/mol. The van der Waals surface area contributed by atoms with Crippen molar-refractivity contribution in [1.82, 2.24) is 15.5 Å². The SMILES string of the molecule is CN=C(NCCc1ccc(F)cc1F)NC1CCN(Cc2ccccc2C)CC1.I. The maximum atomic E-state index is 13.7. The van der Waals surface area contributed by atoms with E-state index in [0.29, 0.717) is 24.6 Å². The molecule has 3 rings (SSSR count). The van der Waals surface area contributed by atoms with Gasteiger partial charge in [-0.25, -0.2) is 8.78 Å². The van der Waals surface area contributed by atoms with Crippen molar-refractivity contribution in [2.45, 2.75) is 38.8 Å². The van der Waals surface area contributed by atoms with Gasteiger partial charge in [0.15, 0.2) is 5.96 Å². The van der Waals surface area contributed by atoms with Crippen LogP contribution in [-0.4, -0.2) is 43.6 Å². The Balaban J connectivity index is 0.00000320. The second kappa shape index (κ2) is 12.2. The quantitative estimate of drug-likeness (QED) is 0.335. The van der Waals surface area contributed by atoms with Crippen LogP contribution >= 0.6 is 24.0 Å². The third-order valence-electron chi connectivity index (χ3n) is 5.51. The maximum Gasteiger partial charge on any atom is 0.191 e. The van der Waals surface area contributed by atoms with Crippen LogP contribution in [0.15, 0.2) is 47.5 Å². The van der Waals surface area contributed by atoms with Crippen molar-refractivity contribution in [3.63, 3.8) is 0 Å². The molecule has 1 saturated heterocycles. The predicted molar refractivity (Wildman–Crippen MR) is 129 cm³/mol. The highest BCUT2D eigenvalue weighted by Crippen LogP contribution is 2.16. The molecule has 0 aromatic heterocycles. The van der Waals surface area contributed by atoms with E-state index >= 15 is 0 Å². The smallest absolute Gasteiger partial charge is 0.191 e. The lowest BCUT2D eigenvalue weighted by Gasteiger charge is -2.33. The standard InChI is InChI=1S/C23H30F2N4.HI/c1-17-5-3-4-6-19(17)16-29-13-10-21(11-14-29)28-23(26-2)27-12-9-18-7-8-20(24)15-22(18)25;/h3-8,15,21H,9-14,16H2,1-2H3,(H2,26,27,28);1H. The van der Waals surface area contributed by atoms with Gasteiger partial charge in [-0.2, -0.15) is 0 Å². The number of nitrogens with zero attached hydrogens (tertiary/aromatic N) is 2. The minimum atomic E-state index is -0.551. The third kappa shape index (κ3) is 7.19. The van der Waals surface area contributed by atoms with Gasteiger partial charge in [0.1, 0.15) is 11.6 Å². The fourth-order valence-corrected chi connectivity index (χ4v) is 3.69. The monoisotopic (exact) mass is 528 g/mol. The molecule has 0 spiro atoms. The Hall–Kier alpha value is -1.74. The van der Waals surface area contributed by atoms with Crippen LogP contribution in [-0.2, 0) is 13.0 Å². The highest BCUT2D eigenvalue weighted by molar-refractivity contribution is 14.0. The summed E-state index contributed by atoms with van der Waals surface area (Å²) in [6.45, 7) is 5.79. The van der Waals surface area contributed by atoms with E-state index in [1.807, 2.05) is 0 Å². The fraction of sp³-hybridized carbons (Fsp3) is 0.435. The van der Waals surface area contributed by atoms with E-state index in [1.165, 1.54) is 23.3 Å². The number of hydrogen-bond acceptors (Lipinski definition) is 2. The fourth-order valence-electron chi connectivity index (χ4n) is 3.69. The van der Waals surface area contributed by atoms with Crippen LogP contribution in [0.1, 0.15) is 29.5 Å². The average Bonchev–Trinajstić information content (AvgIpc) is 2.72. The Labute approximate surface area is 195 Å². The number of aliphatic imine (C=N–C) groups is 1. The summed E-state index contributed by atoms with van der Waals surface area (Å²) in [6, 6.07) is 12.6. The van der Waals surface area contributed by atoms with Crippen molar-refractivity contribution >= 4 is 29.9 Å². The van der Waals surface area contributed by atoms with Gasteiger partial charge >= 0.3 is 0 Å². The van der Waals surface area contributed by atoms with Gasteiger partial charge in [-0.3, -0.25) is 9.89 Å². The lowest BCUT2D eigenvalue weighted by Crippen LogP contribution is -2.48. The summed E-state index contributed by atoms with van der Waals surface area (Å²) in [6.07, 6.45) is 2.58. The van der Waals surface area contributed by atoms with E-state index in [1.54, 1.807) is 7.05 Å². The van der Waals surface area contributed by atoms with Gasteiger partial charge in [0.25, 0.3) is 0 Å². The topological polar surface area (TPSA) is 39.7 Å². The van der Waals surface area contributed by atoms with Crippen LogP contribution in [0, 0.1) is 18.6 Å². The Morgan fingerprint density at radius 2 is 1.83 bits per heavy atom. The van der Waals surface area contributed by atoms with Gasteiger partial charge in [-0.05, 0) is 48.9 Å². The molecular formula is C23H31F2IN4. The summed E-state index contributed by atoms with van der Waals surface area (Å²) >= 11 is 0. The van der Waals surface area contributed by atoms with E-state index < -0.39 is 11.6 Å². The van der Waals surface area contributed by atoms with Crippen LogP contribution in [0.3, 0.4) is 0 Å². The van der Waals surface area contributed by atoms with Crippen LogP contribution in [0.5, 0.6) is 0 Å². The summed E-state index contributed by atoms with van der Waals surface area (Å²) in [7, 11) is 1.74. The molecule has 0 atom stereocenters. The van der Waals surface area contributed by atoms with E-state index in [0.717, 1.165) is 44.5 Å². The first-order chi connectivity index (χ1) is 14.0. The molecule has 164 valence electrons. The zero-order valence-corrected chi connectivity index (χ0v) is 20.0. The highest BCUT2D eigenvalue weighted by Gasteiger charge is 2.20. The molecule has 30 heavy (non-hydrogen) atoms. The summed E-state index contributed by atoms with van der Waals surface area (Å²) in [5.74, 6) is -0.328. The molecule has 0 bridgehead atoms. The highest BCUT2D eigenvalue weighted by atomic mass is 127. The molecule has 2 aromatic rings. The first-order valence-electron chi connectivity index (χ1n) is 10.2. The van der Waals surface area contributed by atoms with Crippen molar-refractivity contribution < 1.29 is 8.78 Å². The number of aryl methyl sites for hydroxylation is 1. The number of hydrogen-bond donors (Lipinski definition) is 2. The van der Waals surface area contributed by atoms with E-state index in [9.17, 15) is 8.78 Å². The predicted octanol–water partition coefficient (Wildman–Crippen LogP) is 4.26. The Bertz CT molecular complexity index is 836. The number of likely N-dealkylation sites (tertiary alicyclic amines) is 1. The van der Waals surface area contributed by atoms with Gasteiger partial charge in [-0.1, -0.05) is 30.3 Å². The summed E-state index contributed by atoms with van der Waals surface area (Å²) in [4.78, 5) is 6.77. The van der Waals surface area contributed by atoms with Crippen LogP contribution in [0.2, 0.25) is 0 Å². The summed E-state index contributed by atoms with van der Waals surface area (Å²) in [5.41, 5.74) is 3.23. The number of rotatable bonds is 6. The van der Waals surface area contributed by atoms with Gasteiger partial charge in [0, 0.05) is 45.3 Å². The maximum absolute atomic E-state index is 13.7. The lowest BCUT2D eigenvalue weighted by molar-refractivity contribution is 0.198. The third-order valence-corrected chi connectivity index (χ3v) is 5.51. The van der Waals surface area contributed by atoms with Crippen molar-refractivity contribution in [2.75, 3.05) is 26.7 Å². The van der Waals surface area contributed by atoms with Crippen molar-refractivity contribution in [2.24, 2.45) is 4.99 Å². The van der Waals surface area contributed by atoms with E-state index in [-0.39, 0.29) is 24.0 Å². The molecule has 1 aliphatic heterocycles. The molecule has 0 aliphatic carbocycles. The molecule has 0 unspecified atom stereocenters. The summed E-state index contributed by atoms with van der Waals surface area (Å²) < 4.78 is 26.7. The largest absolute Gasteiger partial charge is 0.356 e. The minimum absolute atomic E-state index is 0. The number of benzene rings is 2. The molecule has 0 radical (unpaired) electrons. The van der Waals surface area contributed by atoms with E-state index in [2.05, 4.69) is 51.7 Å². The number of halogens is 3. The van der Waals surface area contributed by atoms with Gasteiger partial charge in [-0.15, -0.1) is 24.0 Å². The number of nitrogens with one attached hydrogen (secondary N) is 2. The van der Waals surface area contributed by atoms with Crippen molar-refractivity contribution in [1.29, 1.82) is 0 Å². The normalized spacial score (nSPS) is 15.5. The molecule has 2 aromatic carbocycles. The Morgan fingerprint density at radius 1 is 1.10 bits per heavy atom. The number of piperidine rings is 1.